The van der Waals surface area contributed by atoms with E-state index in [-0.39, 0.29) is 5.54 Å². The molecule has 0 amide bonds. The monoisotopic (exact) mass is 233 g/mol. The van der Waals surface area contributed by atoms with Crippen LogP contribution < -0.4 is 10.5 Å². The fraction of sp³-hybridized carbons (Fsp3) is 0.600. The van der Waals surface area contributed by atoms with Crippen LogP contribution in [0.15, 0.2) is 18.2 Å². The van der Waals surface area contributed by atoms with Crippen molar-refractivity contribution in [3.63, 3.8) is 0 Å². The van der Waals surface area contributed by atoms with Crippen molar-refractivity contribution in [1.82, 2.24) is 0 Å². The van der Waals surface area contributed by atoms with E-state index >= 15 is 0 Å². The summed E-state index contributed by atoms with van der Waals surface area (Å²) in [4.78, 5) is 0. The summed E-state index contributed by atoms with van der Waals surface area (Å²) >= 11 is 0. The van der Waals surface area contributed by atoms with E-state index in [9.17, 15) is 0 Å². The highest BCUT2D eigenvalue weighted by Gasteiger charge is 2.40. The third-order valence-electron chi connectivity index (χ3n) is 4.34. The van der Waals surface area contributed by atoms with Gasteiger partial charge in [-0.2, -0.15) is 0 Å². The van der Waals surface area contributed by atoms with E-state index in [1.165, 1.54) is 11.1 Å². The molecule has 0 bridgehead atoms. The average molecular weight is 233 g/mol. The van der Waals surface area contributed by atoms with Crippen LogP contribution >= 0.6 is 0 Å². The molecule has 0 aromatic heterocycles. The highest BCUT2D eigenvalue weighted by Crippen LogP contribution is 2.43. The van der Waals surface area contributed by atoms with E-state index in [1.54, 1.807) is 7.11 Å². The molecule has 1 aliphatic rings. The number of fused-ring (bicyclic) bond motifs is 1. The molecule has 0 aliphatic heterocycles. The second kappa shape index (κ2) is 4.69. The molecular formula is C15H23NO. The van der Waals surface area contributed by atoms with Crippen LogP contribution in [0.5, 0.6) is 5.75 Å². The number of methoxy groups -OCH3 is 1. The maximum atomic E-state index is 6.70. The van der Waals surface area contributed by atoms with Crippen molar-refractivity contribution < 1.29 is 4.74 Å². The molecule has 0 saturated carbocycles. The van der Waals surface area contributed by atoms with Crippen molar-refractivity contribution in [2.45, 2.75) is 45.1 Å². The summed E-state index contributed by atoms with van der Waals surface area (Å²) in [7, 11) is 1.71. The van der Waals surface area contributed by atoms with Gasteiger partial charge < -0.3 is 10.5 Å². The van der Waals surface area contributed by atoms with Crippen molar-refractivity contribution in [3.8, 4) is 5.75 Å². The molecular weight excluding hydrogens is 210 g/mol. The first-order valence-corrected chi connectivity index (χ1v) is 6.62. The standard InChI is InChI=1S/C15H23NO/c1-4-12(5-2)15(16)9-8-11-6-7-13(17-3)10-14(11)15/h6-7,10,12H,4-5,8-9,16H2,1-3H3. The van der Waals surface area contributed by atoms with Crippen LogP contribution in [-0.4, -0.2) is 7.11 Å². The smallest absolute Gasteiger partial charge is 0.119 e. The third kappa shape index (κ3) is 1.95. The molecule has 0 heterocycles. The molecule has 0 fully saturated rings. The van der Waals surface area contributed by atoms with E-state index in [0.29, 0.717) is 5.92 Å². The molecule has 1 aromatic carbocycles. The Bertz CT molecular complexity index is 398. The Labute approximate surface area is 104 Å². The van der Waals surface area contributed by atoms with Crippen LogP contribution in [0, 0.1) is 5.92 Å². The normalized spacial score (nSPS) is 22.9. The van der Waals surface area contributed by atoms with E-state index in [0.717, 1.165) is 31.4 Å². The fourth-order valence-corrected chi connectivity index (χ4v) is 3.25. The molecule has 94 valence electrons. The second-order valence-electron chi connectivity index (χ2n) is 5.08. The predicted molar refractivity (Wildman–Crippen MR) is 71.3 cm³/mol. The van der Waals surface area contributed by atoms with E-state index in [4.69, 9.17) is 10.5 Å². The molecule has 1 unspecified atom stereocenters. The summed E-state index contributed by atoms with van der Waals surface area (Å²) in [5, 5.41) is 0. The maximum Gasteiger partial charge on any atom is 0.119 e. The predicted octanol–water partition coefficient (Wildman–Crippen LogP) is 3.23. The first kappa shape index (κ1) is 12.4. The van der Waals surface area contributed by atoms with Gasteiger partial charge in [0.2, 0.25) is 0 Å². The molecule has 2 heteroatoms. The Hall–Kier alpha value is -1.02. The van der Waals surface area contributed by atoms with Gasteiger partial charge in [-0.25, -0.2) is 0 Å². The van der Waals surface area contributed by atoms with Crippen LogP contribution in [0.1, 0.15) is 44.2 Å². The molecule has 0 spiro atoms. The first-order chi connectivity index (χ1) is 8.15. The van der Waals surface area contributed by atoms with Gasteiger partial charge in [-0.05, 0) is 42.0 Å². The molecule has 1 aromatic rings. The Morgan fingerprint density at radius 2 is 2.06 bits per heavy atom. The van der Waals surface area contributed by atoms with Gasteiger partial charge in [0.05, 0.1) is 7.11 Å². The molecule has 2 rings (SSSR count). The van der Waals surface area contributed by atoms with Crippen molar-refractivity contribution in [2.24, 2.45) is 11.7 Å². The minimum atomic E-state index is -0.145. The number of ether oxygens (including phenoxy) is 1. The molecule has 2 nitrogen and oxygen atoms in total. The summed E-state index contributed by atoms with van der Waals surface area (Å²) in [6.07, 6.45) is 4.46. The molecule has 17 heavy (non-hydrogen) atoms. The molecule has 1 atom stereocenters. The fourth-order valence-electron chi connectivity index (χ4n) is 3.25. The lowest BCUT2D eigenvalue weighted by molar-refractivity contribution is 0.256. The number of benzene rings is 1. The Morgan fingerprint density at radius 3 is 2.65 bits per heavy atom. The number of aryl methyl sites for hydroxylation is 1. The van der Waals surface area contributed by atoms with E-state index in [1.807, 2.05) is 6.07 Å². The molecule has 1 aliphatic carbocycles. The van der Waals surface area contributed by atoms with Gasteiger partial charge >= 0.3 is 0 Å². The second-order valence-corrected chi connectivity index (χ2v) is 5.08. The van der Waals surface area contributed by atoms with Crippen molar-refractivity contribution >= 4 is 0 Å². The molecule has 0 saturated heterocycles. The van der Waals surface area contributed by atoms with Gasteiger partial charge in [0.15, 0.2) is 0 Å². The first-order valence-electron chi connectivity index (χ1n) is 6.62. The van der Waals surface area contributed by atoms with Crippen LogP contribution in [0.2, 0.25) is 0 Å². The summed E-state index contributed by atoms with van der Waals surface area (Å²) in [6, 6.07) is 6.35. The van der Waals surface area contributed by atoms with Crippen molar-refractivity contribution in [2.75, 3.05) is 7.11 Å². The van der Waals surface area contributed by atoms with Crippen LogP contribution in [-0.2, 0) is 12.0 Å². The Kier molecular flexibility index (Phi) is 3.43. The van der Waals surface area contributed by atoms with Crippen LogP contribution in [0.25, 0.3) is 0 Å². The van der Waals surface area contributed by atoms with Crippen molar-refractivity contribution in [3.05, 3.63) is 29.3 Å². The van der Waals surface area contributed by atoms with Crippen molar-refractivity contribution in [1.29, 1.82) is 0 Å². The summed E-state index contributed by atoms with van der Waals surface area (Å²) in [5.41, 5.74) is 9.27. The van der Waals surface area contributed by atoms with Gasteiger partial charge in [-0.15, -0.1) is 0 Å². The molecule has 0 radical (unpaired) electrons. The molecule has 2 N–H and O–H groups in total. The van der Waals surface area contributed by atoms with Gasteiger partial charge in [0, 0.05) is 5.54 Å². The number of nitrogens with two attached hydrogens (primary N) is 1. The lowest BCUT2D eigenvalue weighted by Gasteiger charge is -2.34. The van der Waals surface area contributed by atoms with E-state index < -0.39 is 0 Å². The number of rotatable bonds is 4. The third-order valence-corrected chi connectivity index (χ3v) is 4.34. The Morgan fingerprint density at radius 1 is 1.35 bits per heavy atom. The largest absolute Gasteiger partial charge is 0.497 e. The zero-order chi connectivity index (χ0) is 12.5. The maximum absolute atomic E-state index is 6.70. The van der Waals surface area contributed by atoms with Crippen LogP contribution in [0.4, 0.5) is 0 Å². The summed E-state index contributed by atoms with van der Waals surface area (Å²) in [6.45, 7) is 4.47. The number of hydrogen-bond acceptors (Lipinski definition) is 2. The Balaban J connectivity index is 2.43. The lowest BCUT2D eigenvalue weighted by Crippen LogP contribution is -2.41. The highest BCUT2D eigenvalue weighted by molar-refractivity contribution is 5.44. The SMILES string of the molecule is CCC(CC)C1(N)CCc2ccc(OC)cc21. The highest BCUT2D eigenvalue weighted by atomic mass is 16.5. The summed E-state index contributed by atoms with van der Waals surface area (Å²) in [5.74, 6) is 1.49. The van der Waals surface area contributed by atoms with Gasteiger partial charge in [0.25, 0.3) is 0 Å². The zero-order valence-electron chi connectivity index (χ0n) is 11.1. The van der Waals surface area contributed by atoms with Gasteiger partial charge in [-0.1, -0.05) is 32.8 Å². The quantitative estimate of drug-likeness (QED) is 0.866. The van der Waals surface area contributed by atoms with E-state index in [2.05, 4.69) is 26.0 Å². The summed E-state index contributed by atoms with van der Waals surface area (Å²) < 4.78 is 5.32. The zero-order valence-corrected chi connectivity index (χ0v) is 11.1. The van der Waals surface area contributed by atoms with Gasteiger partial charge in [-0.3, -0.25) is 0 Å². The topological polar surface area (TPSA) is 35.2 Å². The van der Waals surface area contributed by atoms with Gasteiger partial charge in [0.1, 0.15) is 5.75 Å². The number of hydrogen-bond donors (Lipinski definition) is 1. The lowest BCUT2D eigenvalue weighted by atomic mass is 9.77. The van der Waals surface area contributed by atoms with Crippen LogP contribution in [0.3, 0.4) is 0 Å². The minimum absolute atomic E-state index is 0.145. The average Bonchev–Trinajstić information content (AvgIpc) is 2.69. The minimum Gasteiger partial charge on any atom is -0.497 e.